The lowest BCUT2D eigenvalue weighted by Crippen LogP contribution is -2.46. The summed E-state index contributed by atoms with van der Waals surface area (Å²) in [7, 11) is 0. The topological polar surface area (TPSA) is 104 Å². The third kappa shape index (κ3) is 13.1. The summed E-state index contributed by atoms with van der Waals surface area (Å²) in [5, 5.41) is 10.7. The number of carbonyl (C=O) groups is 4. The fourth-order valence-corrected chi connectivity index (χ4v) is 10.9. The molecule has 2 aromatic carbocycles. The van der Waals surface area contributed by atoms with Crippen molar-refractivity contribution in [3.05, 3.63) is 92.2 Å². The largest absolute Gasteiger partial charge is 0.481 e. The van der Waals surface area contributed by atoms with Crippen molar-refractivity contribution in [1.82, 2.24) is 9.80 Å². The predicted octanol–water partition coefficient (Wildman–Crippen LogP) is 13.4. The van der Waals surface area contributed by atoms with Gasteiger partial charge in [0.2, 0.25) is 11.8 Å². The Labute approximate surface area is 407 Å². The van der Waals surface area contributed by atoms with Crippen LogP contribution >= 0.6 is 23.2 Å². The number of allylic oxidation sites excluding steroid dienone is 2. The molecule has 0 unspecified atom stereocenters. The average Bonchev–Trinajstić information content (AvgIpc) is 3.16. The van der Waals surface area contributed by atoms with Gasteiger partial charge in [0.15, 0.2) is 0 Å². The predicted molar refractivity (Wildman–Crippen MR) is 268 cm³/mol. The minimum Gasteiger partial charge on any atom is -0.481 e. The van der Waals surface area contributed by atoms with Crippen molar-refractivity contribution < 1.29 is 29.0 Å². The summed E-state index contributed by atoms with van der Waals surface area (Å²) in [5.41, 5.74) is 6.76. The van der Waals surface area contributed by atoms with Crippen molar-refractivity contribution in [2.45, 2.75) is 165 Å². The molecule has 66 heavy (non-hydrogen) atoms. The van der Waals surface area contributed by atoms with Crippen LogP contribution in [0.1, 0.15) is 164 Å². The Kier molecular flexibility index (Phi) is 17.3. The first-order valence-electron chi connectivity index (χ1n) is 24.6. The second kappa shape index (κ2) is 21.3. The minimum absolute atomic E-state index is 0.0115. The van der Waals surface area contributed by atoms with E-state index in [4.69, 9.17) is 33.0 Å². The van der Waals surface area contributed by atoms with E-state index in [1.54, 1.807) is 0 Å². The third-order valence-electron chi connectivity index (χ3n) is 14.8. The zero-order valence-electron chi connectivity index (χ0n) is 42.4. The van der Waals surface area contributed by atoms with Gasteiger partial charge in [-0.05, 0) is 138 Å². The molecule has 2 fully saturated rings. The maximum atomic E-state index is 13.3. The number of aryl methyl sites for hydroxylation is 2. The number of rotatable bonds is 15. The van der Waals surface area contributed by atoms with E-state index in [0.29, 0.717) is 57.2 Å². The smallest absolute Gasteiger partial charge is 0.308 e. The van der Waals surface area contributed by atoms with Crippen LogP contribution in [-0.2, 0) is 47.6 Å². The fourth-order valence-electron chi connectivity index (χ4n) is 10.4. The number of halogens is 2. The molecule has 2 amide bonds. The maximum Gasteiger partial charge on any atom is 0.308 e. The Balaban J connectivity index is 0.000000248. The number of ether oxygens (including phenoxy) is 1. The molecule has 0 saturated heterocycles. The highest BCUT2D eigenvalue weighted by molar-refractivity contribution is 6.31. The van der Waals surface area contributed by atoms with Gasteiger partial charge in [-0.3, -0.25) is 19.2 Å². The van der Waals surface area contributed by atoms with Gasteiger partial charge in [0.25, 0.3) is 0 Å². The van der Waals surface area contributed by atoms with Gasteiger partial charge in [0, 0.05) is 59.2 Å². The molecule has 2 aliphatic carbocycles. The van der Waals surface area contributed by atoms with Gasteiger partial charge < -0.3 is 19.6 Å². The molecule has 2 aliphatic heterocycles. The Morgan fingerprint density at radius 3 is 1.39 bits per heavy atom. The SMILES string of the molecule is CC(C)C1=CN(CC2CC(C(=O)O)C2)C(=O)C[C@@]1(C)c1ccc(CCC(C)(C)C)c(Cl)c1.CCOC(=O)C1CC(CN2C=C(C(C)C)[C@](C)(c3ccc(CCC(C)(C)C)c(Cl)c3)CC2=O)C1. The van der Waals surface area contributed by atoms with Crippen molar-refractivity contribution in [2.75, 3.05) is 19.7 Å². The van der Waals surface area contributed by atoms with Crippen LogP contribution < -0.4 is 0 Å². The van der Waals surface area contributed by atoms with E-state index in [1.165, 1.54) is 16.7 Å². The number of carboxylic acid groups (broad SMARTS) is 1. The molecule has 364 valence electrons. The summed E-state index contributed by atoms with van der Waals surface area (Å²) in [6.07, 6.45) is 11.9. The summed E-state index contributed by atoms with van der Waals surface area (Å²) in [5.74, 6) is 0.354. The van der Waals surface area contributed by atoms with Crippen molar-refractivity contribution >= 4 is 47.0 Å². The van der Waals surface area contributed by atoms with Crippen LogP contribution in [-0.4, -0.2) is 58.4 Å². The van der Waals surface area contributed by atoms with Gasteiger partial charge >= 0.3 is 11.9 Å². The van der Waals surface area contributed by atoms with Crippen LogP contribution in [0.15, 0.2) is 59.9 Å². The first-order valence-corrected chi connectivity index (χ1v) is 25.4. The number of hydrogen-bond donors (Lipinski definition) is 1. The highest BCUT2D eigenvalue weighted by Gasteiger charge is 2.45. The first-order chi connectivity index (χ1) is 30.6. The lowest BCUT2D eigenvalue weighted by Gasteiger charge is -2.43. The molecule has 4 aliphatic rings. The van der Waals surface area contributed by atoms with E-state index in [-0.39, 0.29) is 57.7 Å². The number of carboxylic acids is 1. The Morgan fingerprint density at radius 2 is 1.08 bits per heavy atom. The zero-order valence-corrected chi connectivity index (χ0v) is 43.9. The van der Waals surface area contributed by atoms with Crippen LogP contribution in [0.2, 0.25) is 10.0 Å². The first kappa shape index (κ1) is 53.3. The Morgan fingerprint density at radius 1 is 0.697 bits per heavy atom. The normalized spacial score (nSPS) is 25.7. The summed E-state index contributed by atoms with van der Waals surface area (Å²) in [4.78, 5) is 53.2. The number of hydrogen-bond acceptors (Lipinski definition) is 5. The van der Waals surface area contributed by atoms with Crippen LogP contribution in [0.5, 0.6) is 0 Å². The standard InChI is InChI=1S/C29H42ClNO3.C27H38ClNO3/c1-8-34-27(33)22-13-20(14-22)17-31-18-24(19(2)3)29(7,16-26(31)32)23-10-9-21(25(30)15-23)11-12-28(4,5)6;1-17(2)22-16-29(15-18-11-20(12-18)25(31)32)24(30)14-27(22,6)21-8-7-19(23(28)13-21)9-10-26(3,4)5/h9-10,15,18-20,22H,8,11-14,16-17H2,1-7H3;7-8,13,16-18,20H,9-12,14-15H2,1-6H3,(H,31,32)/t20?,22?,29-;18?,20?,27-/m00/s1. The van der Waals surface area contributed by atoms with Crippen LogP contribution in [0, 0.1) is 46.3 Å². The highest BCUT2D eigenvalue weighted by Crippen LogP contribution is 2.47. The number of esters is 1. The molecule has 2 aromatic rings. The van der Waals surface area contributed by atoms with Crippen LogP contribution in [0.3, 0.4) is 0 Å². The molecule has 0 aromatic heterocycles. The molecule has 2 saturated carbocycles. The maximum absolute atomic E-state index is 13.3. The number of benzene rings is 2. The second-order valence-corrected chi connectivity index (χ2v) is 24.3. The van der Waals surface area contributed by atoms with Crippen LogP contribution in [0.4, 0.5) is 0 Å². The van der Waals surface area contributed by atoms with Gasteiger partial charge in [0.1, 0.15) is 0 Å². The van der Waals surface area contributed by atoms with E-state index in [2.05, 4.69) is 126 Å². The summed E-state index contributed by atoms with van der Waals surface area (Å²) in [6, 6.07) is 12.7. The van der Waals surface area contributed by atoms with Gasteiger partial charge in [-0.15, -0.1) is 0 Å². The van der Waals surface area contributed by atoms with Gasteiger partial charge in [0.05, 0.1) is 18.4 Å². The quantitative estimate of drug-likeness (QED) is 0.178. The van der Waals surface area contributed by atoms with Crippen LogP contribution in [0.25, 0.3) is 0 Å². The average molecular weight is 948 g/mol. The molecular formula is C56H80Cl2N2O6. The van der Waals surface area contributed by atoms with E-state index in [0.717, 1.165) is 65.3 Å². The third-order valence-corrected chi connectivity index (χ3v) is 15.5. The minimum atomic E-state index is -0.722. The van der Waals surface area contributed by atoms with E-state index in [1.807, 2.05) is 22.9 Å². The van der Waals surface area contributed by atoms with Gasteiger partial charge in [-0.1, -0.05) is 131 Å². The molecule has 0 radical (unpaired) electrons. The zero-order chi connectivity index (χ0) is 49.1. The van der Waals surface area contributed by atoms with Crippen molar-refractivity contribution in [1.29, 1.82) is 0 Å². The van der Waals surface area contributed by atoms with Crippen molar-refractivity contribution in [2.24, 2.45) is 46.3 Å². The van der Waals surface area contributed by atoms with Gasteiger partial charge in [-0.25, -0.2) is 0 Å². The molecule has 8 nitrogen and oxygen atoms in total. The van der Waals surface area contributed by atoms with Crippen molar-refractivity contribution in [3.63, 3.8) is 0 Å². The molecule has 0 spiro atoms. The lowest BCUT2D eigenvalue weighted by atomic mass is 9.67. The Hall–Kier alpha value is -3.62. The molecule has 10 heteroatoms. The number of nitrogens with zero attached hydrogens (tertiary/aromatic N) is 2. The second-order valence-electron chi connectivity index (χ2n) is 23.5. The number of carbonyl (C=O) groups excluding carboxylic acids is 3. The van der Waals surface area contributed by atoms with Gasteiger partial charge in [-0.2, -0.15) is 0 Å². The summed E-state index contributed by atoms with van der Waals surface area (Å²) >= 11 is 13.4. The highest BCUT2D eigenvalue weighted by atomic mass is 35.5. The van der Waals surface area contributed by atoms with Crippen molar-refractivity contribution in [3.8, 4) is 0 Å². The monoisotopic (exact) mass is 947 g/mol. The molecule has 0 bridgehead atoms. The molecular weight excluding hydrogens is 868 g/mol. The molecule has 1 N–H and O–H groups in total. The molecule has 2 heterocycles. The summed E-state index contributed by atoms with van der Waals surface area (Å²) < 4.78 is 5.14. The van der Waals surface area contributed by atoms with E-state index < -0.39 is 11.4 Å². The fraction of sp³-hybridized carbons (Fsp3) is 0.643. The molecule has 2 atom stereocenters. The number of aliphatic carboxylic acids is 1. The van der Waals surface area contributed by atoms with E-state index >= 15 is 0 Å². The lowest BCUT2D eigenvalue weighted by molar-refractivity contribution is -0.153. The Bertz CT molecular complexity index is 2150. The molecule has 6 rings (SSSR count). The number of amides is 2. The van der Waals surface area contributed by atoms with E-state index in [9.17, 15) is 19.2 Å². The summed E-state index contributed by atoms with van der Waals surface area (Å²) in [6.45, 7) is 30.0.